The number of carbonyl (C=O) groups is 3. The van der Waals surface area contributed by atoms with E-state index in [1.54, 1.807) is 48.5 Å². The summed E-state index contributed by atoms with van der Waals surface area (Å²) in [6, 6.07) is 3.90. The molecule has 17 heteroatoms. The van der Waals surface area contributed by atoms with Crippen molar-refractivity contribution < 1.29 is 55.6 Å². The maximum atomic E-state index is 12.8. The van der Waals surface area contributed by atoms with Gasteiger partial charge in [0.05, 0.1) is 29.8 Å². The van der Waals surface area contributed by atoms with Crippen LogP contribution in [0.15, 0.2) is 24.3 Å². The highest BCUT2D eigenvalue weighted by molar-refractivity contribution is 7.85. The number of rotatable bonds is 13. The number of benzene rings is 1. The van der Waals surface area contributed by atoms with Crippen LogP contribution in [-0.4, -0.2) is 86.4 Å². The highest BCUT2D eigenvalue weighted by atomic mass is 32.2. The van der Waals surface area contributed by atoms with Crippen LogP contribution >= 0.6 is 0 Å². The van der Waals surface area contributed by atoms with Crippen molar-refractivity contribution in [2.75, 3.05) is 13.2 Å². The summed E-state index contributed by atoms with van der Waals surface area (Å²) in [5.74, 6) is -2.88. The van der Waals surface area contributed by atoms with Gasteiger partial charge in [-0.3, -0.25) is 19.1 Å². The summed E-state index contributed by atoms with van der Waals surface area (Å²) in [6.45, 7) is 11.2. The van der Waals surface area contributed by atoms with Gasteiger partial charge >= 0.3 is 22.4 Å². The number of amides is 2. The zero-order valence-corrected chi connectivity index (χ0v) is 27.1. The van der Waals surface area contributed by atoms with Gasteiger partial charge in [0.2, 0.25) is 0 Å². The molecule has 0 spiro atoms. The number of nitro groups is 1. The molecule has 2 N–H and O–H groups in total. The van der Waals surface area contributed by atoms with E-state index in [9.17, 15) is 32.9 Å². The number of nitro benzene ring substituents is 1. The van der Waals surface area contributed by atoms with Gasteiger partial charge in [-0.15, -0.1) is 0 Å². The standard InChI is InChI=1S/C28H41N3O13S/c1-16(2)13-19(29-26(34)44-27(3,4)5)24(32)30-45(37,38)40-15-21-23-22(42-28(6,7)43-23)20(41-21)11-12-39-25(33)17-9-8-10-18(14-17)31(35)36/h8-10,14,16,19-23H,11-13,15H2,1-7H3,(H,29,34)(H,30,32). The van der Waals surface area contributed by atoms with Crippen LogP contribution < -0.4 is 10.0 Å². The van der Waals surface area contributed by atoms with E-state index in [1.807, 2.05) is 4.72 Å². The number of hydrogen-bond donors (Lipinski definition) is 2. The van der Waals surface area contributed by atoms with Gasteiger partial charge in [0, 0.05) is 18.6 Å². The Morgan fingerprint density at radius 2 is 1.76 bits per heavy atom. The lowest BCUT2D eigenvalue weighted by Gasteiger charge is -2.25. The van der Waals surface area contributed by atoms with Crippen molar-refractivity contribution in [3.63, 3.8) is 0 Å². The second-order valence-corrected chi connectivity index (χ2v) is 13.9. The second kappa shape index (κ2) is 14.4. The predicted molar refractivity (Wildman–Crippen MR) is 156 cm³/mol. The summed E-state index contributed by atoms with van der Waals surface area (Å²) in [7, 11) is -4.65. The maximum absolute atomic E-state index is 12.8. The van der Waals surface area contributed by atoms with Crippen LogP contribution in [0.1, 0.15) is 71.7 Å². The fourth-order valence-corrected chi connectivity index (χ4v) is 5.53. The minimum Gasteiger partial charge on any atom is -0.462 e. The first-order chi connectivity index (χ1) is 20.7. The average Bonchev–Trinajstić information content (AvgIpc) is 3.38. The first-order valence-corrected chi connectivity index (χ1v) is 15.8. The third-order valence-electron chi connectivity index (χ3n) is 6.50. The van der Waals surface area contributed by atoms with Crippen molar-refractivity contribution in [2.45, 2.75) is 103 Å². The smallest absolute Gasteiger partial charge is 0.408 e. The third-order valence-corrected chi connectivity index (χ3v) is 7.40. The van der Waals surface area contributed by atoms with E-state index in [0.717, 1.165) is 6.07 Å². The van der Waals surface area contributed by atoms with E-state index < -0.39 is 81.6 Å². The number of esters is 1. The fourth-order valence-electron chi connectivity index (χ4n) is 4.77. The Morgan fingerprint density at radius 1 is 1.11 bits per heavy atom. The van der Waals surface area contributed by atoms with E-state index in [0.29, 0.717) is 0 Å². The van der Waals surface area contributed by atoms with Crippen LogP contribution in [-0.2, 0) is 43.0 Å². The van der Waals surface area contributed by atoms with E-state index in [1.165, 1.54) is 18.2 Å². The Hall–Kier alpha value is -3.38. The Balaban J connectivity index is 1.59. The molecule has 2 saturated heterocycles. The van der Waals surface area contributed by atoms with Crippen molar-refractivity contribution >= 4 is 34.0 Å². The summed E-state index contributed by atoms with van der Waals surface area (Å²) < 4.78 is 60.6. The third kappa shape index (κ3) is 10.9. The average molecular weight is 660 g/mol. The van der Waals surface area contributed by atoms with Crippen LogP contribution in [0.2, 0.25) is 0 Å². The SMILES string of the molecule is CC(C)CC(NC(=O)OC(C)(C)C)C(=O)NS(=O)(=O)OCC1OC(CCOC(=O)c2cccc([N+](=O)[O-])c2)C2OC(C)(C)OC12. The summed E-state index contributed by atoms with van der Waals surface area (Å²) in [5, 5.41) is 13.4. The summed E-state index contributed by atoms with van der Waals surface area (Å²) in [4.78, 5) is 47.9. The molecule has 2 aliphatic heterocycles. The lowest BCUT2D eigenvalue weighted by Crippen LogP contribution is -2.50. The molecule has 2 aliphatic rings. The lowest BCUT2D eigenvalue weighted by molar-refractivity contribution is -0.384. The minimum absolute atomic E-state index is 0.00598. The monoisotopic (exact) mass is 659 g/mol. The van der Waals surface area contributed by atoms with Crippen LogP contribution in [0.3, 0.4) is 0 Å². The molecular weight excluding hydrogens is 618 g/mol. The molecule has 252 valence electrons. The quantitative estimate of drug-likeness (QED) is 0.178. The predicted octanol–water partition coefficient (Wildman–Crippen LogP) is 2.75. The highest BCUT2D eigenvalue weighted by Crippen LogP contribution is 2.40. The molecule has 16 nitrogen and oxygen atoms in total. The van der Waals surface area contributed by atoms with E-state index in [2.05, 4.69) is 5.32 Å². The zero-order chi connectivity index (χ0) is 33.7. The summed E-state index contributed by atoms with van der Waals surface area (Å²) in [6.07, 6.45) is -3.64. The van der Waals surface area contributed by atoms with Crippen LogP contribution in [0.4, 0.5) is 10.5 Å². The Bertz CT molecular complexity index is 1360. The zero-order valence-electron chi connectivity index (χ0n) is 26.3. The fraction of sp³-hybridized carbons (Fsp3) is 0.679. The van der Waals surface area contributed by atoms with Gasteiger partial charge in [-0.2, -0.15) is 8.42 Å². The number of ether oxygens (including phenoxy) is 5. The molecule has 3 rings (SSSR count). The molecule has 1 aromatic carbocycles. The first kappa shape index (κ1) is 36.1. The van der Waals surface area contributed by atoms with Gasteiger partial charge in [0.25, 0.3) is 11.6 Å². The van der Waals surface area contributed by atoms with Crippen molar-refractivity contribution in [3.05, 3.63) is 39.9 Å². The topological polar surface area (TPSA) is 208 Å². The largest absolute Gasteiger partial charge is 0.462 e. The van der Waals surface area contributed by atoms with E-state index >= 15 is 0 Å². The van der Waals surface area contributed by atoms with Gasteiger partial charge in [-0.1, -0.05) is 19.9 Å². The molecule has 1 aromatic rings. The Labute approximate surface area is 261 Å². The Morgan fingerprint density at radius 3 is 2.36 bits per heavy atom. The van der Waals surface area contributed by atoms with Gasteiger partial charge in [-0.25, -0.2) is 14.3 Å². The van der Waals surface area contributed by atoms with Gasteiger partial charge in [0.1, 0.15) is 30.0 Å². The summed E-state index contributed by atoms with van der Waals surface area (Å²) >= 11 is 0. The first-order valence-electron chi connectivity index (χ1n) is 14.4. The van der Waals surface area contributed by atoms with Crippen LogP contribution in [0, 0.1) is 16.0 Å². The maximum Gasteiger partial charge on any atom is 0.408 e. The molecular formula is C28H41N3O13S. The molecule has 2 fully saturated rings. The van der Waals surface area contributed by atoms with E-state index in [-0.39, 0.29) is 36.6 Å². The molecule has 0 bridgehead atoms. The van der Waals surface area contributed by atoms with Crippen molar-refractivity contribution in [2.24, 2.45) is 5.92 Å². The van der Waals surface area contributed by atoms with Crippen LogP contribution in [0.5, 0.6) is 0 Å². The van der Waals surface area contributed by atoms with Gasteiger partial charge in [-0.05, 0) is 53.0 Å². The number of fused-ring (bicyclic) bond motifs is 1. The number of hydrogen-bond acceptors (Lipinski definition) is 13. The molecule has 0 radical (unpaired) electrons. The normalized spacial score (nSPS) is 23.2. The van der Waals surface area contributed by atoms with Crippen LogP contribution in [0.25, 0.3) is 0 Å². The second-order valence-electron chi connectivity index (χ2n) is 12.5. The molecule has 0 aromatic heterocycles. The van der Waals surface area contributed by atoms with Gasteiger partial charge in [0.15, 0.2) is 5.79 Å². The number of non-ortho nitro benzene ring substituents is 1. The Kier molecular flexibility index (Phi) is 11.5. The van der Waals surface area contributed by atoms with Gasteiger partial charge < -0.3 is 29.0 Å². The van der Waals surface area contributed by atoms with Crippen molar-refractivity contribution in [3.8, 4) is 0 Å². The number of carbonyl (C=O) groups excluding carboxylic acids is 3. The molecule has 0 aliphatic carbocycles. The van der Waals surface area contributed by atoms with Crippen molar-refractivity contribution in [1.29, 1.82) is 0 Å². The number of alkyl carbamates (subject to hydrolysis) is 1. The summed E-state index contributed by atoms with van der Waals surface area (Å²) in [5.41, 5.74) is -1.08. The lowest BCUT2D eigenvalue weighted by atomic mass is 10.0. The van der Waals surface area contributed by atoms with Crippen molar-refractivity contribution in [1.82, 2.24) is 10.0 Å². The molecule has 5 unspecified atom stereocenters. The molecule has 2 amide bonds. The molecule has 5 atom stereocenters. The molecule has 2 heterocycles. The van der Waals surface area contributed by atoms with E-state index in [4.69, 9.17) is 27.9 Å². The molecule has 0 saturated carbocycles. The molecule has 45 heavy (non-hydrogen) atoms. The number of nitrogens with one attached hydrogen (secondary N) is 2. The number of nitrogens with zero attached hydrogens (tertiary/aromatic N) is 1. The highest BCUT2D eigenvalue weighted by Gasteiger charge is 2.55. The minimum atomic E-state index is -4.65.